The van der Waals surface area contributed by atoms with E-state index in [1.807, 2.05) is 164 Å². The van der Waals surface area contributed by atoms with Crippen molar-refractivity contribution < 1.29 is 28.6 Å². The number of benzene rings is 6. The molecule has 3 amide bonds. The first-order chi connectivity index (χ1) is 38.4. The zero-order chi connectivity index (χ0) is 54.9. The largest absolute Gasteiger partial charge is 0.374 e. The van der Waals surface area contributed by atoms with Crippen LogP contribution in [0.4, 0.5) is 17.1 Å². The van der Waals surface area contributed by atoms with Crippen molar-refractivity contribution in [2.24, 2.45) is 17.2 Å². The highest BCUT2D eigenvalue weighted by Gasteiger charge is 2.38. The number of nitrogens with zero attached hydrogens (tertiary/aromatic N) is 3. The number of amides is 3. The fraction of sp³-hybridized carbons (Fsp3) is 0.213. The van der Waals surface area contributed by atoms with Crippen LogP contribution in [0.5, 0.6) is 0 Å². The second-order valence-electron chi connectivity index (χ2n) is 19.8. The molecule has 0 unspecified atom stereocenters. The molecule has 18 nitrogen and oxygen atoms in total. The Morgan fingerprint density at radius 3 is 0.911 bits per heavy atom. The van der Waals surface area contributed by atoms with E-state index in [1.165, 1.54) is 0 Å². The van der Waals surface area contributed by atoms with Crippen molar-refractivity contribution in [3.8, 4) is 0 Å². The van der Waals surface area contributed by atoms with E-state index in [-0.39, 0.29) is 64.8 Å². The molecule has 6 aromatic carbocycles. The quantitative estimate of drug-likeness (QED) is 0.0229. The highest BCUT2D eigenvalue weighted by Crippen LogP contribution is 2.35. The highest BCUT2D eigenvalue weighted by atomic mass is 16.5. The molecular formula is C61H64N12O6. The van der Waals surface area contributed by atoms with Crippen molar-refractivity contribution in [2.45, 2.75) is 61.6 Å². The Labute approximate surface area is 458 Å². The van der Waals surface area contributed by atoms with Gasteiger partial charge in [0.1, 0.15) is 16.6 Å². The average molecular weight is 1060 g/mol. The molecule has 0 aliphatic carbocycles. The molecule has 0 fully saturated rings. The minimum atomic E-state index is -1.46. The number of hydrogen-bond donors (Lipinski definition) is 9. The van der Waals surface area contributed by atoms with E-state index >= 15 is 0 Å². The summed E-state index contributed by atoms with van der Waals surface area (Å²) in [5.74, 6) is -1.70. The van der Waals surface area contributed by atoms with Crippen molar-refractivity contribution in [1.82, 2.24) is 29.9 Å². The van der Waals surface area contributed by atoms with Crippen molar-refractivity contribution in [3.63, 3.8) is 0 Å². The normalized spacial score (nSPS) is 13.7. The lowest BCUT2D eigenvalue weighted by molar-refractivity contribution is -0.124. The van der Waals surface area contributed by atoms with Crippen LogP contribution in [0.1, 0.15) is 56.4 Å². The zero-order valence-electron chi connectivity index (χ0n) is 43.5. The van der Waals surface area contributed by atoms with Gasteiger partial charge in [-0.05, 0) is 69.8 Å². The Morgan fingerprint density at radius 2 is 0.671 bits per heavy atom. The van der Waals surface area contributed by atoms with Gasteiger partial charge in [0, 0.05) is 60.8 Å². The molecule has 0 radical (unpaired) electrons. The molecule has 0 aliphatic heterocycles. The predicted molar refractivity (Wildman–Crippen MR) is 302 cm³/mol. The predicted octanol–water partition coefficient (Wildman–Crippen LogP) is 7.32. The molecule has 0 aliphatic rings. The van der Waals surface area contributed by atoms with Crippen molar-refractivity contribution in [3.05, 3.63) is 252 Å². The molecule has 3 atom stereocenters. The number of hydrogen-bond acceptors (Lipinski definition) is 12. The Kier molecular flexibility index (Phi) is 18.0. The molecule has 404 valence electrons. The summed E-state index contributed by atoms with van der Waals surface area (Å²) in [6.45, 7) is 0.633. The van der Waals surface area contributed by atoms with Gasteiger partial charge in [0.05, 0.1) is 75.7 Å². The number of ether oxygens (including phenoxy) is 3. The first-order valence-electron chi connectivity index (χ1n) is 25.8. The van der Waals surface area contributed by atoms with Crippen LogP contribution in [0.15, 0.2) is 201 Å². The molecule has 9 aromatic rings. The van der Waals surface area contributed by atoms with Gasteiger partial charge in [-0.25, -0.2) is 15.0 Å². The van der Waals surface area contributed by atoms with Gasteiger partial charge in [0.15, 0.2) is 0 Å². The van der Waals surface area contributed by atoms with Crippen LogP contribution in [0, 0.1) is 0 Å². The second kappa shape index (κ2) is 26.0. The molecule has 9 rings (SSSR count). The Balaban J connectivity index is 0.952. The maximum Gasteiger partial charge on any atom is 0.247 e. The summed E-state index contributed by atoms with van der Waals surface area (Å²) in [7, 11) is 0. The molecule has 0 saturated carbocycles. The van der Waals surface area contributed by atoms with Gasteiger partial charge in [-0.1, -0.05) is 127 Å². The van der Waals surface area contributed by atoms with Gasteiger partial charge in [0.2, 0.25) is 17.7 Å². The lowest BCUT2D eigenvalue weighted by atomic mass is 9.85. The average Bonchev–Trinajstić information content (AvgIpc) is 4.31. The van der Waals surface area contributed by atoms with E-state index in [4.69, 9.17) is 31.4 Å². The molecule has 3 aromatic heterocycles. The molecule has 79 heavy (non-hydrogen) atoms. The first kappa shape index (κ1) is 54.9. The van der Waals surface area contributed by atoms with E-state index in [2.05, 4.69) is 45.9 Å². The van der Waals surface area contributed by atoms with Crippen LogP contribution >= 0.6 is 0 Å². The van der Waals surface area contributed by atoms with Crippen molar-refractivity contribution in [2.75, 3.05) is 35.8 Å². The lowest BCUT2D eigenvalue weighted by Crippen LogP contribution is -2.56. The van der Waals surface area contributed by atoms with Crippen LogP contribution in [0.2, 0.25) is 0 Å². The molecular weight excluding hydrogens is 997 g/mol. The molecule has 0 saturated heterocycles. The smallest absolute Gasteiger partial charge is 0.247 e. The third-order valence-electron chi connectivity index (χ3n) is 13.4. The number of aromatic amines is 3. The fourth-order valence-corrected chi connectivity index (χ4v) is 9.12. The monoisotopic (exact) mass is 1060 g/mol. The summed E-state index contributed by atoms with van der Waals surface area (Å²) >= 11 is 0. The molecule has 0 spiro atoms. The maximum absolute atomic E-state index is 14.1. The Hall–Kier alpha value is -8.88. The highest BCUT2D eigenvalue weighted by molar-refractivity contribution is 5.99. The first-order valence-corrected chi connectivity index (χ1v) is 25.8. The number of carbonyl (C=O) groups is 3. The zero-order valence-corrected chi connectivity index (χ0v) is 43.5. The topological polar surface area (TPSA) is 279 Å². The van der Waals surface area contributed by atoms with E-state index in [9.17, 15) is 14.4 Å². The van der Waals surface area contributed by atoms with Crippen molar-refractivity contribution >= 4 is 34.8 Å². The summed E-state index contributed by atoms with van der Waals surface area (Å²) in [5, 5.41) is 9.07. The number of carbonyl (C=O) groups excluding carboxylic acids is 3. The summed E-state index contributed by atoms with van der Waals surface area (Å²) in [5.41, 5.74) is 25.1. The van der Waals surface area contributed by atoms with Gasteiger partial charge < -0.3 is 62.3 Å². The summed E-state index contributed by atoms with van der Waals surface area (Å²) < 4.78 is 18.1. The van der Waals surface area contributed by atoms with Gasteiger partial charge in [-0.3, -0.25) is 14.4 Å². The van der Waals surface area contributed by atoms with E-state index in [0.717, 1.165) is 33.4 Å². The minimum absolute atomic E-state index is 0.0650. The molecule has 12 N–H and O–H groups in total. The summed E-state index contributed by atoms with van der Waals surface area (Å²) in [4.78, 5) is 64.2. The Bertz CT molecular complexity index is 2940. The third kappa shape index (κ3) is 15.0. The van der Waals surface area contributed by atoms with Crippen LogP contribution in [0.25, 0.3) is 0 Å². The fourth-order valence-electron chi connectivity index (χ4n) is 9.12. The van der Waals surface area contributed by atoms with Gasteiger partial charge in [-0.15, -0.1) is 0 Å². The van der Waals surface area contributed by atoms with E-state index < -0.39 is 34.3 Å². The number of nitrogens with two attached hydrogens (primary N) is 3. The van der Waals surface area contributed by atoms with Crippen LogP contribution in [0.3, 0.4) is 0 Å². The standard InChI is InChI=1S/C61H64N12O6/c62-59(28-52-31-65-40-68-52,37-77-34-43-10-4-1-5-11-43)56(74)71-49-22-16-46(17-23-49)55(47-18-24-50(25-19-47)72-57(75)60(63,29-53-32-66-41-69-53)38-78-35-44-12-6-2-7-13-44)48-20-26-51(27-21-48)73-58(76)61(64,30-54-33-67-42-70-54)39-79-36-45-14-8-3-9-15-45/h1-27,31-33,40-42,55H,28-30,34-39,62-64H2,(H,65,68)(H,66,69)(H,67,70)(H,71,74)(H,72,75)(H,73,76)/t59-,60-,61-/m1/s1. The van der Waals surface area contributed by atoms with Crippen LogP contribution in [-0.4, -0.2) is 84.1 Å². The molecule has 0 bridgehead atoms. The number of rotatable bonds is 27. The number of imidazole rings is 3. The number of H-pyrrole nitrogens is 3. The van der Waals surface area contributed by atoms with E-state index in [0.29, 0.717) is 34.1 Å². The van der Waals surface area contributed by atoms with Crippen LogP contribution < -0.4 is 33.2 Å². The third-order valence-corrected chi connectivity index (χ3v) is 13.4. The van der Waals surface area contributed by atoms with Gasteiger partial charge in [-0.2, -0.15) is 0 Å². The number of anilines is 3. The SMILES string of the molecule is N[C@@](COCc1ccccc1)(Cc1c[nH]cn1)C(=O)Nc1ccc(C(c2ccc(NC(=O)[C@](N)(COCc3ccccc3)Cc3c[nH]cn3)cc2)c2ccc(NC(=O)[C@](N)(COCc3ccccc3)Cc3c[nH]cn3)cc2)cc1. The minimum Gasteiger partial charge on any atom is -0.374 e. The lowest BCUT2D eigenvalue weighted by Gasteiger charge is -2.28. The van der Waals surface area contributed by atoms with E-state index in [1.54, 1.807) is 37.6 Å². The maximum atomic E-state index is 14.1. The summed E-state index contributed by atoms with van der Waals surface area (Å²) in [6, 6.07) is 51.5. The van der Waals surface area contributed by atoms with Gasteiger partial charge in [0.25, 0.3) is 0 Å². The summed E-state index contributed by atoms with van der Waals surface area (Å²) in [6.07, 6.45) is 10.1. The number of aromatic nitrogens is 6. The molecule has 18 heteroatoms. The van der Waals surface area contributed by atoms with Crippen LogP contribution in [-0.2, 0) is 67.7 Å². The number of nitrogens with one attached hydrogen (secondary N) is 6. The second-order valence-corrected chi connectivity index (χ2v) is 19.8. The Morgan fingerprint density at radius 1 is 0.405 bits per heavy atom. The van der Waals surface area contributed by atoms with Gasteiger partial charge >= 0.3 is 0 Å². The van der Waals surface area contributed by atoms with Crippen molar-refractivity contribution in [1.29, 1.82) is 0 Å². The molecule has 3 heterocycles.